The summed E-state index contributed by atoms with van der Waals surface area (Å²) in [5.41, 5.74) is -1.39. The maximum Gasteiger partial charge on any atom is 0.331 e. The van der Waals surface area contributed by atoms with Gasteiger partial charge in [-0.25, -0.2) is 4.79 Å². The fourth-order valence-electron chi connectivity index (χ4n) is 3.01. The predicted molar refractivity (Wildman–Crippen MR) is 115 cm³/mol. The molecule has 29 heavy (non-hydrogen) atoms. The van der Waals surface area contributed by atoms with Crippen LogP contribution in [0, 0.1) is 5.41 Å². The Morgan fingerprint density at radius 3 is 2.48 bits per heavy atom. The van der Waals surface area contributed by atoms with Gasteiger partial charge in [-0.3, -0.25) is 18.9 Å². The van der Waals surface area contributed by atoms with Gasteiger partial charge in [0.05, 0.1) is 18.4 Å². The monoisotopic (exact) mass is 450 g/mol. The van der Waals surface area contributed by atoms with Gasteiger partial charge < -0.3 is 14.2 Å². The van der Waals surface area contributed by atoms with Gasteiger partial charge >= 0.3 is 13.3 Å². The number of nitrogens with zero attached hydrogens (tertiary/aromatic N) is 1. The lowest BCUT2D eigenvalue weighted by molar-refractivity contribution is -0.0465. The average Bonchev–Trinajstić information content (AvgIpc) is 2.53. The second-order valence-electron chi connectivity index (χ2n) is 8.71. The average molecular weight is 451 g/mol. The summed E-state index contributed by atoms with van der Waals surface area (Å²) in [6.07, 6.45) is 5.41. The topological polar surface area (TPSA) is 111 Å². The van der Waals surface area contributed by atoms with Gasteiger partial charge in [0.15, 0.2) is 0 Å². The number of aromatic nitrogens is 2. The Morgan fingerprint density at radius 2 is 1.86 bits per heavy atom. The third kappa shape index (κ3) is 11.0. The Morgan fingerprint density at radius 1 is 1.21 bits per heavy atom. The van der Waals surface area contributed by atoms with E-state index in [1.54, 1.807) is 0 Å². The molecule has 8 nitrogen and oxygen atoms in total. The fraction of sp³-hybridized carbons (Fsp3) is 0.684. The quantitative estimate of drug-likeness (QED) is 0.303. The Balaban J connectivity index is 2.36. The lowest BCUT2D eigenvalue weighted by atomic mass is 9.84. The van der Waals surface area contributed by atoms with Crippen LogP contribution in [0.5, 0.6) is 0 Å². The van der Waals surface area contributed by atoms with Crippen molar-refractivity contribution >= 4 is 19.2 Å². The summed E-state index contributed by atoms with van der Waals surface area (Å²) in [6, 6.07) is 0. The van der Waals surface area contributed by atoms with Gasteiger partial charge in [0.2, 0.25) is 0 Å². The Bertz CT molecular complexity index is 853. The van der Waals surface area contributed by atoms with Crippen LogP contribution in [0.2, 0.25) is 5.02 Å². The van der Waals surface area contributed by atoms with E-state index in [2.05, 4.69) is 25.8 Å². The molecule has 0 aliphatic carbocycles. The lowest BCUT2D eigenvalue weighted by Gasteiger charge is -2.32. The highest BCUT2D eigenvalue weighted by Gasteiger charge is 2.26. The van der Waals surface area contributed by atoms with Crippen molar-refractivity contribution in [3.8, 4) is 0 Å². The molecule has 0 amide bonds. The molecular formula is C19H32ClN2O6P. The van der Waals surface area contributed by atoms with Crippen molar-refractivity contribution in [1.29, 1.82) is 0 Å². The zero-order valence-corrected chi connectivity index (χ0v) is 19.4. The van der Waals surface area contributed by atoms with Gasteiger partial charge in [-0.15, -0.1) is 0 Å². The number of aromatic amines is 1. The van der Waals surface area contributed by atoms with Crippen molar-refractivity contribution in [2.75, 3.05) is 19.4 Å². The zero-order chi connectivity index (χ0) is 22.3. The molecule has 1 aromatic heterocycles. The van der Waals surface area contributed by atoms with Crippen LogP contribution in [-0.4, -0.2) is 39.4 Å². The van der Waals surface area contributed by atoms with E-state index in [4.69, 9.17) is 20.9 Å². The molecule has 0 saturated heterocycles. The SMILES string of the molecule is CC(C)(C)CC(C)(C)OCCCOP(=O)(O)CC=CCn1cc(Cl)c(=O)[nH]c1=O. The minimum Gasteiger partial charge on any atom is -0.375 e. The minimum atomic E-state index is -3.77. The van der Waals surface area contributed by atoms with Crippen molar-refractivity contribution in [3.63, 3.8) is 0 Å². The van der Waals surface area contributed by atoms with Crippen LogP contribution >= 0.6 is 19.2 Å². The summed E-state index contributed by atoms with van der Waals surface area (Å²) in [5.74, 6) is 0. The van der Waals surface area contributed by atoms with Crippen molar-refractivity contribution in [2.45, 2.75) is 59.6 Å². The Hall–Kier alpha value is -1.18. The van der Waals surface area contributed by atoms with Gasteiger partial charge in [0.25, 0.3) is 5.56 Å². The van der Waals surface area contributed by atoms with Crippen LogP contribution in [0.4, 0.5) is 0 Å². The maximum atomic E-state index is 12.0. The molecule has 10 heteroatoms. The Kier molecular flexibility index (Phi) is 9.57. The van der Waals surface area contributed by atoms with Crippen LogP contribution in [0.25, 0.3) is 0 Å². The number of nitrogens with one attached hydrogen (secondary N) is 1. The summed E-state index contributed by atoms with van der Waals surface area (Å²) >= 11 is 5.67. The summed E-state index contributed by atoms with van der Waals surface area (Å²) < 4.78 is 24.2. The van der Waals surface area contributed by atoms with E-state index >= 15 is 0 Å². The largest absolute Gasteiger partial charge is 0.375 e. The number of allylic oxidation sites excluding steroid dienone is 2. The fourth-order valence-corrected chi connectivity index (χ4v) is 4.11. The van der Waals surface area contributed by atoms with Crippen molar-refractivity contribution in [3.05, 3.63) is 44.2 Å². The molecule has 0 bridgehead atoms. The predicted octanol–water partition coefficient (Wildman–Crippen LogP) is 3.57. The van der Waals surface area contributed by atoms with Gasteiger partial charge in [0.1, 0.15) is 5.02 Å². The molecule has 1 aromatic rings. The summed E-state index contributed by atoms with van der Waals surface area (Å²) in [7, 11) is -3.77. The highest BCUT2D eigenvalue weighted by molar-refractivity contribution is 7.53. The third-order valence-electron chi connectivity index (χ3n) is 3.80. The molecule has 1 unspecified atom stereocenters. The molecule has 0 aromatic carbocycles. The number of H-pyrrole nitrogens is 1. The first-order valence-corrected chi connectivity index (χ1v) is 11.6. The molecule has 1 heterocycles. The molecule has 0 fully saturated rings. The summed E-state index contributed by atoms with van der Waals surface area (Å²) in [5, 5.41) is -0.109. The molecule has 0 aliphatic heterocycles. The second kappa shape index (κ2) is 10.7. The minimum absolute atomic E-state index is 0.103. The molecule has 0 aliphatic rings. The molecule has 0 saturated carbocycles. The van der Waals surface area contributed by atoms with Crippen LogP contribution in [0.3, 0.4) is 0 Å². The van der Waals surface area contributed by atoms with Gasteiger partial charge in [-0.2, -0.15) is 0 Å². The molecule has 2 N–H and O–H groups in total. The first-order valence-electron chi connectivity index (χ1n) is 9.45. The molecule has 0 radical (unpaired) electrons. The van der Waals surface area contributed by atoms with Gasteiger partial charge in [-0.05, 0) is 32.1 Å². The first kappa shape index (κ1) is 25.9. The zero-order valence-electron chi connectivity index (χ0n) is 17.7. The maximum absolute atomic E-state index is 12.0. The number of hydrogen-bond donors (Lipinski definition) is 2. The van der Waals surface area contributed by atoms with Gasteiger partial charge in [-0.1, -0.05) is 44.5 Å². The van der Waals surface area contributed by atoms with Crippen LogP contribution in [0.15, 0.2) is 27.9 Å². The van der Waals surface area contributed by atoms with E-state index in [9.17, 15) is 19.0 Å². The number of hydrogen-bond acceptors (Lipinski definition) is 5. The standard InChI is InChI=1S/C19H32ClN2O6P/c1-18(2,3)14-19(4,5)27-10-8-11-28-29(25,26)12-7-6-9-22-13-15(20)16(23)21-17(22)24/h6-7,13H,8-12,14H2,1-5H3,(H,25,26)(H,21,23,24). The highest BCUT2D eigenvalue weighted by Crippen LogP contribution is 2.41. The van der Waals surface area contributed by atoms with Crippen LogP contribution in [-0.2, 0) is 20.4 Å². The van der Waals surface area contributed by atoms with Crippen molar-refractivity contribution < 1.29 is 18.7 Å². The van der Waals surface area contributed by atoms with Crippen molar-refractivity contribution in [1.82, 2.24) is 9.55 Å². The molecule has 0 spiro atoms. The summed E-state index contributed by atoms with van der Waals surface area (Å²) in [4.78, 5) is 34.7. The van der Waals surface area contributed by atoms with Crippen LogP contribution in [0.1, 0.15) is 47.5 Å². The number of ether oxygens (including phenoxy) is 1. The van der Waals surface area contributed by atoms with Crippen molar-refractivity contribution in [2.24, 2.45) is 5.41 Å². The van der Waals surface area contributed by atoms with E-state index in [1.165, 1.54) is 22.9 Å². The third-order valence-corrected chi connectivity index (χ3v) is 5.33. The molecule has 1 atom stereocenters. The number of halogens is 1. The smallest absolute Gasteiger partial charge is 0.331 e. The van der Waals surface area contributed by atoms with E-state index in [0.717, 1.165) is 6.42 Å². The molecule has 166 valence electrons. The lowest BCUT2D eigenvalue weighted by Crippen LogP contribution is -2.30. The first-order chi connectivity index (χ1) is 13.2. The normalized spacial score (nSPS) is 15.0. The highest BCUT2D eigenvalue weighted by atomic mass is 35.5. The Labute approximate surface area is 176 Å². The molecule has 1 rings (SSSR count). The van der Waals surface area contributed by atoms with E-state index in [1.807, 2.05) is 13.8 Å². The van der Waals surface area contributed by atoms with Crippen LogP contribution < -0.4 is 11.2 Å². The van der Waals surface area contributed by atoms with E-state index < -0.39 is 18.8 Å². The van der Waals surface area contributed by atoms with E-state index in [0.29, 0.717) is 13.0 Å². The summed E-state index contributed by atoms with van der Waals surface area (Å²) in [6.45, 7) is 11.2. The number of rotatable bonds is 11. The molecular weight excluding hydrogens is 419 g/mol. The van der Waals surface area contributed by atoms with E-state index in [-0.39, 0.29) is 35.4 Å². The van der Waals surface area contributed by atoms with Gasteiger partial charge in [0, 0.05) is 19.3 Å². The second-order valence-corrected chi connectivity index (χ2v) is 11.0.